The fraction of sp³-hybridized carbons (Fsp3) is 0.700. The standard InChI is InChI=1S/C10H17/c1-10-8-6-4-2-3-5-7-9-10/h2-3,10H,1,4-9H2/b3-2-. The molecular formula is C10H17. The maximum absolute atomic E-state index is 4.11. The molecule has 0 aromatic rings. The van der Waals surface area contributed by atoms with Crippen LogP contribution in [-0.4, -0.2) is 0 Å². The molecule has 1 rings (SSSR count). The molecule has 0 aromatic carbocycles. The van der Waals surface area contributed by atoms with Crippen LogP contribution >= 0.6 is 0 Å². The lowest BCUT2D eigenvalue weighted by atomic mass is 9.99. The zero-order valence-electron chi connectivity index (χ0n) is 6.68. The molecular weight excluding hydrogens is 120 g/mol. The molecule has 0 fully saturated rings. The normalized spacial score (nSPS) is 26.5. The first-order valence-electron chi connectivity index (χ1n) is 4.37. The summed E-state index contributed by atoms with van der Waals surface area (Å²) in [6.07, 6.45) is 12.5. The molecule has 57 valence electrons. The van der Waals surface area contributed by atoms with Crippen molar-refractivity contribution in [2.24, 2.45) is 5.92 Å². The highest BCUT2D eigenvalue weighted by atomic mass is 14.1. The van der Waals surface area contributed by atoms with E-state index in [0.29, 0.717) is 0 Å². The fourth-order valence-electron chi connectivity index (χ4n) is 1.43. The molecule has 0 saturated carbocycles. The number of allylic oxidation sites excluding steroid dienone is 2. The minimum atomic E-state index is 0.722. The van der Waals surface area contributed by atoms with Gasteiger partial charge in [-0.3, -0.25) is 0 Å². The predicted molar refractivity (Wildman–Crippen MR) is 45.7 cm³/mol. The summed E-state index contributed by atoms with van der Waals surface area (Å²) < 4.78 is 0. The van der Waals surface area contributed by atoms with E-state index in [9.17, 15) is 0 Å². The van der Waals surface area contributed by atoms with Crippen LogP contribution in [0.2, 0.25) is 0 Å². The Morgan fingerprint density at radius 2 is 1.50 bits per heavy atom. The highest BCUT2D eigenvalue weighted by Gasteiger charge is 2.01. The molecule has 10 heavy (non-hydrogen) atoms. The average molecular weight is 137 g/mol. The summed E-state index contributed by atoms with van der Waals surface area (Å²) in [6, 6.07) is 0. The van der Waals surface area contributed by atoms with Crippen LogP contribution in [0.5, 0.6) is 0 Å². The molecule has 0 nitrogen and oxygen atoms in total. The summed E-state index contributed by atoms with van der Waals surface area (Å²) in [7, 11) is 0. The van der Waals surface area contributed by atoms with Gasteiger partial charge < -0.3 is 0 Å². The van der Waals surface area contributed by atoms with Crippen molar-refractivity contribution in [3.05, 3.63) is 19.1 Å². The Balaban J connectivity index is 2.24. The van der Waals surface area contributed by atoms with Gasteiger partial charge in [0.25, 0.3) is 0 Å². The lowest BCUT2D eigenvalue weighted by Crippen LogP contribution is -1.93. The van der Waals surface area contributed by atoms with Gasteiger partial charge in [0.1, 0.15) is 0 Å². The third kappa shape index (κ3) is 3.05. The third-order valence-corrected chi connectivity index (χ3v) is 2.13. The number of hydrogen-bond acceptors (Lipinski definition) is 0. The first-order valence-corrected chi connectivity index (χ1v) is 4.37. The molecule has 0 atom stereocenters. The second kappa shape index (κ2) is 4.54. The molecule has 0 aromatic heterocycles. The van der Waals surface area contributed by atoms with Crippen molar-refractivity contribution in [1.29, 1.82) is 0 Å². The molecule has 1 radical (unpaired) electrons. The monoisotopic (exact) mass is 137 g/mol. The van der Waals surface area contributed by atoms with Crippen LogP contribution in [0, 0.1) is 12.8 Å². The van der Waals surface area contributed by atoms with Crippen LogP contribution in [0.3, 0.4) is 0 Å². The molecule has 0 unspecified atom stereocenters. The minimum absolute atomic E-state index is 0.722. The Kier molecular flexibility index (Phi) is 3.56. The van der Waals surface area contributed by atoms with E-state index in [4.69, 9.17) is 0 Å². The van der Waals surface area contributed by atoms with Crippen LogP contribution in [0.15, 0.2) is 12.2 Å². The van der Waals surface area contributed by atoms with Crippen molar-refractivity contribution in [2.75, 3.05) is 0 Å². The van der Waals surface area contributed by atoms with E-state index in [2.05, 4.69) is 19.1 Å². The summed E-state index contributed by atoms with van der Waals surface area (Å²) in [4.78, 5) is 0. The molecule has 0 saturated heterocycles. The Hall–Kier alpha value is -0.260. The lowest BCUT2D eigenvalue weighted by molar-refractivity contribution is 0.511. The first-order chi connectivity index (χ1) is 4.89. The molecule has 0 bridgehead atoms. The maximum atomic E-state index is 4.11. The van der Waals surface area contributed by atoms with Gasteiger partial charge in [-0.1, -0.05) is 31.9 Å². The summed E-state index contributed by atoms with van der Waals surface area (Å²) in [5.41, 5.74) is 0. The third-order valence-electron chi connectivity index (χ3n) is 2.13. The largest absolute Gasteiger partial charge is 0.0885 e. The molecule has 0 heteroatoms. The van der Waals surface area contributed by atoms with Gasteiger partial charge in [0, 0.05) is 0 Å². The van der Waals surface area contributed by atoms with Crippen molar-refractivity contribution >= 4 is 0 Å². The molecule has 1 aliphatic carbocycles. The van der Waals surface area contributed by atoms with Crippen LogP contribution in [-0.2, 0) is 0 Å². The molecule has 0 heterocycles. The second-order valence-corrected chi connectivity index (χ2v) is 3.20. The van der Waals surface area contributed by atoms with E-state index in [-0.39, 0.29) is 0 Å². The summed E-state index contributed by atoms with van der Waals surface area (Å²) >= 11 is 0. The summed E-state index contributed by atoms with van der Waals surface area (Å²) in [6.45, 7) is 4.11. The Morgan fingerprint density at radius 3 is 2.00 bits per heavy atom. The summed E-state index contributed by atoms with van der Waals surface area (Å²) in [5.74, 6) is 0.722. The van der Waals surface area contributed by atoms with Gasteiger partial charge in [-0.15, -0.1) is 0 Å². The van der Waals surface area contributed by atoms with Crippen molar-refractivity contribution < 1.29 is 0 Å². The van der Waals surface area contributed by atoms with Crippen molar-refractivity contribution in [2.45, 2.75) is 38.5 Å². The zero-order valence-corrected chi connectivity index (χ0v) is 6.68. The quantitative estimate of drug-likeness (QED) is 0.449. The van der Waals surface area contributed by atoms with Crippen LogP contribution < -0.4 is 0 Å². The van der Waals surface area contributed by atoms with Crippen molar-refractivity contribution in [3.8, 4) is 0 Å². The van der Waals surface area contributed by atoms with Crippen molar-refractivity contribution in [1.82, 2.24) is 0 Å². The molecule has 0 amide bonds. The smallest absolute Gasteiger partial charge is 0.0351 e. The van der Waals surface area contributed by atoms with E-state index in [1.165, 1.54) is 38.5 Å². The van der Waals surface area contributed by atoms with Gasteiger partial charge in [-0.05, 0) is 31.6 Å². The van der Waals surface area contributed by atoms with Crippen LogP contribution in [0.1, 0.15) is 38.5 Å². The van der Waals surface area contributed by atoms with Crippen LogP contribution in [0.25, 0.3) is 0 Å². The maximum Gasteiger partial charge on any atom is -0.0351 e. The minimum Gasteiger partial charge on any atom is -0.0885 e. The second-order valence-electron chi connectivity index (χ2n) is 3.20. The molecule has 1 aliphatic rings. The van der Waals surface area contributed by atoms with Crippen LogP contribution in [0.4, 0.5) is 0 Å². The molecule has 0 N–H and O–H groups in total. The van der Waals surface area contributed by atoms with Gasteiger partial charge in [0.05, 0.1) is 0 Å². The zero-order chi connectivity index (χ0) is 7.23. The lowest BCUT2D eigenvalue weighted by Gasteiger charge is -2.06. The SMILES string of the molecule is [CH2]C1CCC/C=C\CCC1. The molecule has 0 aliphatic heterocycles. The van der Waals surface area contributed by atoms with Crippen molar-refractivity contribution in [3.63, 3.8) is 0 Å². The number of rotatable bonds is 0. The topological polar surface area (TPSA) is 0 Å². The van der Waals surface area contributed by atoms with E-state index < -0.39 is 0 Å². The Bertz CT molecular complexity index is 90.6. The van der Waals surface area contributed by atoms with Gasteiger partial charge in [-0.25, -0.2) is 0 Å². The Labute approximate surface area is 64.3 Å². The van der Waals surface area contributed by atoms with E-state index in [1.54, 1.807) is 0 Å². The molecule has 0 spiro atoms. The van der Waals surface area contributed by atoms with Gasteiger partial charge in [0.2, 0.25) is 0 Å². The highest BCUT2D eigenvalue weighted by Crippen LogP contribution is 2.17. The van der Waals surface area contributed by atoms with Gasteiger partial charge in [0.15, 0.2) is 0 Å². The first kappa shape index (κ1) is 7.84. The summed E-state index contributed by atoms with van der Waals surface area (Å²) in [5, 5.41) is 0. The van der Waals surface area contributed by atoms with Gasteiger partial charge in [-0.2, -0.15) is 0 Å². The average Bonchev–Trinajstić information content (AvgIpc) is 2.02. The predicted octanol–water partition coefficient (Wildman–Crippen LogP) is 3.35. The Morgan fingerprint density at radius 1 is 1.00 bits per heavy atom. The number of hydrogen-bond donors (Lipinski definition) is 0. The van der Waals surface area contributed by atoms with Gasteiger partial charge >= 0.3 is 0 Å². The van der Waals surface area contributed by atoms with E-state index in [0.717, 1.165) is 5.92 Å². The van der Waals surface area contributed by atoms with E-state index >= 15 is 0 Å². The highest BCUT2D eigenvalue weighted by molar-refractivity contribution is 4.83. The van der Waals surface area contributed by atoms with E-state index in [1.807, 2.05) is 0 Å². The fourth-order valence-corrected chi connectivity index (χ4v) is 1.43.